The van der Waals surface area contributed by atoms with Gasteiger partial charge in [-0.25, -0.2) is 4.79 Å². The fraction of sp³-hybridized carbons (Fsp3) is 0.364. The molecule has 0 bridgehead atoms. The Morgan fingerprint density at radius 1 is 1.15 bits per heavy atom. The van der Waals surface area contributed by atoms with Crippen molar-refractivity contribution in [2.75, 3.05) is 13.7 Å². The van der Waals surface area contributed by atoms with Crippen LogP contribution in [0.2, 0.25) is 0 Å². The second-order valence-electron chi connectivity index (χ2n) is 6.88. The van der Waals surface area contributed by atoms with Crippen molar-refractivity contribution in [3.05, 3.63) is 53.6 Å². The van der Waals surface area contributed by atoms with E-state index < -0.39 is 5.97 Å². The second-order valence-corrected chi connectivity index (χ2v) is 6.88. The van der Waals surface area contributed by atoms with Gasteiger partial charge in [-0.15, -0.1) is 0 Å². The van der Waals surface area contributed by atoms with E-state index in [1.807, 2.05) is 17.0 Å². The highest BCUT2D eigenvalue weighted by molar-refractivity contribution is 5.95. The van der Waals surface area contributed by atoms with Gasteiger partial charge < -0.3 is 14.7 Å². The number of methoxy groups -OCH3 is 1. The topological polar surface area (TPSA) is 66.8 Å². The number of amides is 1. The highest BCUT2D eigenvalue weighted by Gasteiger charge is 2.28. The average Bonchev–Trinajstić information content (AvgIpc) is 3.15. The zero-order valence-corrected chi connectivity index (χ0v) is 15.8. The highest BCUT2D eigenvalue weighted by atomic mass is 16.5. The van der Waals surface area contributed by atoms with Crippen molar-refractivity contribution in [2.24, 2.45) is 0 Å². The lowest BCUT2D eigenvalue weighted by Gasteiger charge is -2.24. The Morgan fingerprint density at radius 2 is 1.85 bits per heavy atom. The molecule has 1 amide bonds. The van der Waals surface area contributed by atoms with Crippen molar-refractivity contribution in [1.82, 2.24) is 4.90 Å². The van der Waals surface area contributed by atoms with Crippen molar-refractivity contribution < 1.29 is 19.4 Å². The smallest absolute Gasteiger partial charge is 0.337 e. The van der Waals surface area contributed by atoms with Gasteiger partial charge in [0, 0.05) is 23.7 Å². The molecule has 1 aliphatic rings. The van der Waals surface area contributed by atoms with Crippen LogP contribution in [0.25, 0.3) is 11.1 Å². The van der Waals surface area contributed by atoms with Gasteiger partial charge >= 0.3 is 5.97 Å². The zero-order chi connectivity index (χ0) is 19.4. The van der Waals surface area contributed by atoms with E-state index in [2.05, 4.69) is 11.7 Å². The molecule has 1 saturated heterocycles. The maximum absolute atomic E-state index is 12.8. The number of nitrogens with zero attached hydrogens (tertiary/aromatic N) is 1. The maximum atomic E-state index is 12.8. The van der Waals surface area contributed by atoms with Crippen molar-refractivity contribution >= 4 is 11.9 Å². The van der Waals surface area contributed by atoms with E-state index in [-0.39, 0.29) is 11.7 Å². The van der Waals surface area contributed by atoms with Gasteiger partial charge in [0.2, 0.25) is 0 Å². The molecule has 27 heavy (non-hydrogen) atoms. The second kappa shape index (κ2) is 8.25. The van der Waals surface area contributed by atoms with Crippen LogP contribution in [-0.4, -0.2) is 41.6 Å². The van der Waals surface area contributed by atoms with Gasteiger partial charge in [0.1, 0.15) is 5.75 Å². The summed E-state index contributed by atoms with van der Waals surface area (Å²) in [4.78, 5) is 26.4. The van der Waals surface area contributed by atoms with Gasteiger partial charge in [0.15, 0.2) is 0 Å². The quantitative estimate of drug-likeness (QED) is 0.802. The number of likely N-dealkylation sites (tertiary alicyclic amines) is 1. The maximum Gasteiger partial charge on any atom is 0.337 e. The number of ether oxygens (including phenoxy) is 1. The van der Waals surface area contributed by atoms with Crippen molar-refractivity contribution in [3.63, 3.8) is 0 Å². The summed E-state index contributed by atoms with van der Waals surface area (Å²) in [6, 6.07) is 12.3. The van der Waals surface area contributed by atoms with Gasteiger partial charge in [0.25, 0.3) is 5.91 Å². The van der Waals surface area contributed by atoms with Crippen molar-refractivity contribution in [1.29, 1.82) is 0 Å². The summed E-state index contributed by atoms with van der Waals surface area (Å²) in [7, 11) is 1.30. The molecule has 1 fully saturated rings. The van der Waals surface area contributed by atoms with Crippen LogP contribution in [-0.2, 0) is 4.74 Å². The first-order valence-electron chi connectivity index (χ1n) is 9.38. The molecule has 1 atom stereocenters. The summed E-state index contributed by atoms with van der Waals surface area (Å²) in [5.74, 6) is -0.424. The first-order valence-corrected chi connectivity index (χ1v) is 9.38. The summed E-state index contributed by atoms with van der Waals surface area (Å²) in [6.45, 7) is 2.97. The lowest BCUT2D eigenvalue weighted by molar-refractivity contribution is 0.0600. The lowest BCUT2D eigenvalue weighted by atomic mass is 10.0. The minimum Gasteiger partial charge on any atom is -0.507 e. The average molecular weight is 367 g/mol. The third-order valence-corrected chi connectivity index (χ3v) is 5.12. The van der Waals surface area contributed by atoms with E-state index >= 15 is 0 Å². The minimum absolute atomic E-state index is 0.000436. The van der Waals surface area contributed by atoms with Crippen LogP contribution in [0.1, 0.15) is 53.3 Å². The summed E-state index contributed by atoms with van der Waals surface area (Å²) in [6.07, 6.45) is 4.27. The minimum atomic E-state index is -0.495. The fourth-order valence-electron chi connectivity index (χ4n) is 3.72. The highest BCUT2D eigenvalue weighted by Crippen LogP contribution is 2.31. The summed E-state index contributed by atoms with van der Waals surface area (Å²) >= 11 is 0. The Morgan fingerprint density at radius 3 is 2.48 bits per heavy atom. The molecular weight excluding hydrogens is 342 g/mol. The van der Waals surface area contributed by atoms with E-state index in [1.165, 1.54) is 13.2 Å². The molecule has 2 aromatic carbocycles. The molecular formula is C22H25NO4. The van der Waals surface area contributed by atoms with E-state index in [1.54, 1.807) is 24.3 Å². The van der Waals surface area contributed by atoms with E-state index in [0.29, 0.717) is 22.7 Å². The number of phenolic OH excluding ortho intramolecular Hbond substituents is 1. The monoisotopic (exact) mass is 367 g/mol. The fourth-order valence-corrected chi connectivity index (χ4v) is 3.72. The van der Waals surface area contributed by atoms with Crippen LogP contribution in [0.3, 0.4) is 0 Å². The molecule has 5 heteroatoms. The van der Waals surface area contributed by atoms with Gasteiger partial charge in [-0.1, -0.05) is 25.5 Å². The van der Waals surface area contributed by atoms with Gasteiger partial charge in [-0.3, -0.25) is 4.79 Å². The summed E-state index contributed by atoms with van der Waals surface area (Å²) in [5, 5.41) is 10.3. The first kappa shape index (κ1) is 19.0. The number of rotatable bonds is 5. The SMILES string of the molecule is CCCC1CCCN1C(=O)c1ccc(-c2ccc(C(=O)OC)cc2O)cc1. The van der Waals surface area contributed by atoms with Gasteiger partial charge in [-0.05, 0) is 55.2 Å². The Labute approximate surface area is 159 Å². The molecule has 0 saturated carbocycles. The Hall–Kier alpha value is -2.82. The van der Waals surface area contributed by atoms with Crippen LogP contribution in [0.5, 0.6) is 5.75 Å². The molecule has 3 rings (SSSR count). The number of carbonyl (C=O) groups is 2. The molecule has 2 aromatic rings. The molecule has 1 heterocycles. The third-order valence-electron chi connectivity index (χ3n) is 5.12. The van der Waals surface area contributed by atoms with Crippen LogP contribution < -0.4 is 0 Å². The molecule has 0 aliphatic carbocycles. The largest absolute Gasteiger partial charge is 0.507 e. The molecule has 0 aromatic heterocycles. The predicted molar refractivity (Wildman–Crippen MR) is 104 cm³/mol. The van der Waals surface area contributed by atoms with Crippen LogP contribution in [0.15, 0.2) is 42.5 Å². The summed E-state index contributed by atoms with van der Waals surface area (Å²) in [5.41, 5.74) is 2.34. The Balaban J connectivity index is 1.79. The van der Waals surface area contributed by atoms with E-state index in [4.69, 9.17) is 0 Å². The van der Waals surface area contributed by atoms with Crippen LogP contribution in [0, 0.1) is 0 Å². The van der Waals surface area contributed by atoms with Crippen LogP contribution in [0.4, 0.5) is 0 Å². The van der Waals surface area contributed by atoms with E-state index in [0.717, 1.165) is 37.8 Å². The molecule has 1 aliphatic heterocycles. The standard InChI is InChI=1S/C22H25NO4/c1-3-5-18-6-4-13-23(18)21(25)16-9-7-15(8-10-16)19-12-11-17(14-20(19)24)22(26)27-2/h7-12,14,18,24H,3-6,13H2,1-2H3. The number of esters is 1. The lowest BCUT2D eigenvalue weighted by Crippen LogP contribution is -2.35. The number of phenols is 1. The molecule has 0 spiro atoms. The number of carbonyl (C=O) groups excluding carboxylic acids is 2. The Kier molecular flexibility index (Phi) is 5.79. The zero-order valence-electron chi connectivity index (χ0n) is 15.8. The van der Waals surface area contributed by atoms with Crippen molar-refractivity contribution in [2.45, 2.75) is 38.6 Å². The molecule has 5 nitrogen and oxygen atoms in total. The molecule has 1 N–H and O–H groups in total. The van der Waals surface area contributed by atoms with Gasteiger partial charge in [-0.2, -0.15) is 0 Å². The normalized spacial score (nSPS) is 16.4. The predicted octanol–water partition coefficient (Wildman–Crippen LogP) is 4.25. The third kappa shape index (κ3) is 3.97. The first-order chi connectivity index (χ1) is 13.0. The van der Waals surface area contributed by atoms with Crippen LogP contribution >= 0.6 is 0 Å². The molecule has 1 unspecified atom stereocenters. The number of benzene rings is 2. The van der Waals surface area contributed by atoms with Crippen molar-refractivity contribution in [3.8, 4) is 16.9 Å². The molecule has 0 radical (unpaired) electrons. The summed E-state index contributed by atoms with van der Waals surface area (Å²) < 4.78 is 4.66. The van der Waals surface area contributed by atoms with E-state index in [9.17, 15) is 14.7 Å². The Bertz CT molecular complexity index is 829. The van der Waals surface area contributed by atoms with Gasteiger partial charge in [0.05, 0.1) is 12.7 Å². The number of hydrogen-bond acceptors (Lipinski definition) is 4. The molecule has 142 valence electrons. The number of hydrogen-bond donors (Lipinski definition) is 1. The number of aromatic hydroxyl groups is 1.